The highest BCUT2D eigenvalue weighted by atomic mass is 32.2. The van der Waals surface area contributed by atoms with E-state index >= 15 is 0 Å². The van der Waals surface area contributed by atoms with Crippen LogP contribution in [0.25, 0.3) is 0 Å². The number of rotatable bonds is 5. The average molecular weight is 388 g/mol. The summed E-state index contributed by atoms with van der Waals surface area (Å²) >= 11 is 0. The van der Waals surface area contributed by atoms with E-state index in [0.717, 1.165) is 12.1 Å². The van der Waals surface area contributed by atoms with Gasteiger partial charge in [-0.05, 0) is 36.8 Å². The Bertz CT molecular complexity index is 927. The second kappa shape index (κ2) is 7.24. The number of alkyl halides is 3. The quantitative estimate of drug-likeness (QED) is 0.825. The van der Waals surface area contributed by atoms with E-state index < -0.39 is 32.9 Å². The van der Waals surface area contributed by atoms with E-state index in [0.29, 0.717) is 5.56 Å². The monoisotopic (exact) mass is 388 g/mol. The number of hydrogen-bond donors (Lipinski definition) is 2. The topological polar surface area (TPSA) is 84.5 Å². The van der Waals surface area contributed by atoms with Crippen molar-refractivity contribution in [1.29, 1.82) is 0 Å². The van der Waals surface area contributed by atoms with Crippen LogP contribution >= 0.6 is 0 Å². The average Bonchev–Trinajstić information content (AvgIpc) is 2.55. The zero-order valence-electron chi connectivity index (χ0n) is 13.7. The lowest BCUT2D eigenvalue weighted by atomic mass is 10.1. The molecule has 2 rings (SSSR count). The van der Waals surface area contributed by atoms with Crippen LogP contribution in [0.15, 0.2) is 47.4 Å². The van der Waals surface area contributed by atoms with Crippen molar-refractivity contribution in [2.75, 3.05) is 11.8 Å². The lowest BCUT2D eigenvalue weighted by Crippen LogP contribution is -2.22. The minimum Gasteiger partial charge on any atom is -0.404 e. The Morgan fingerprint density at radius 3 is 2.35 bits per heavy atom. The van der Waals surface area contributed by atoms with Crippen LogP contribution in [0.2, 0.25) is 0 Å². The molecular weight excluding hydrogens is 373 g/mol. The first-order valence-electron chi connectivity index (χ1n) is 7.24. The molecule has 6 nitrogen and oxygen atoms in total. The van der Waals surface area contributed by atoms with Crippen molar-refractivity contribution < 1.29 is 31.1 Å². The molecule has 1 amide bonds. The van der Waals surface area contributed by atoms with Crippen LogP contribution in [0.4, 0.5) is 18.9 Å². The van der Waals surface area contributed by atoms with Gasteiger partial charge in [-0.2, -0.15) is 0 Å². The van der Waals surface area contributed by atoms with E-state index in [1.54, 1.807) is 0 Å². The molecule has 0 aromatic heterocycles. The third-order valence-electron chi connectivity index (χ3n) is 3.41. The molecule has 0 radical (unpaired) electrons. The number of carbonyl (C=O) groups excluding carboxylic acids is 1. The largest absolute Gasteiger partial charge is 0.573 e. The number of para-hydroxylation sites is 1. The number of carbonyl (C=O) groups is 1. The number of benzene rings is 2. The SMILES string of the molecule is CNC(=O)c1cccc(NS(=O)(=O)c2ccccc2OC(F)(F)F)c1C. The molecular formula is C16H15F3N2O4S. The minimum absolute atomic E-state index is 0.0629. The van der Waals surface area contributed by atoms with Gasteiger partial charge < -0.3 is 10.1 Å². The molecule has 0 aliphatic rings. The lowest BCUT2D eigenvalue weighted by molar-refractivity contribution is -0.275. The Hall–Kier alpha value is -2.75. The van der Waals surface area contributed by atoms with Crippen LogP contribution in [-0.2, 0) is 10.0 Å². The molecule has 0 bridgehead atoms. The maximum atomic E-state index is 12.6. The summed E-state index contributed by atoms with van der Waals surface area (Å²) < 4.78 is 68.6. The van der Waals surface area contributed by atoms with Gasteiger partial charge in [0, 0.05) is 12.6 Å². The summed E-state index contributed by atoms with van der Waals surface area (Å²) in [5, 5.41) is 2.42. The molecule has 0 saturated heterocycles. The van der Waals surface area contributed by atoms with Crippen molar-refractivity contribution in [1.82, 2.24) is 5.32 Å². The molecule has 140 valence electrons. The predicted molar refractivity (Wildman–Crippen MR) is 88.5 cm³/mol. The van der Waals surface area contributed by atoms with Gasteiger partial charge in [-0.25, -0.2) is 8.42 Å². The second-order valence-electron chi connectivity index (χ2n) is 5.16. The number of ether oxygens (including phenoxy) is 1. The van der Waals surface area contributed by atoms with Crippen molar-refractivity contribution in [2.45, 2.75) is 18.2 Å². The van der Waals surface area contributed by atoms with Crippen molar-refractivity contribution in [2.24, 2.45) is 0 Å². The Morgan fingerprint density at radius 2 is 1.73 bits per heavy atom. The number of sulfonamides is 1. The highest BCUT2D eigenvalue weighted by Gasteiger charge is 2.34. The van der Waals surface area contributed by atoms with E-state index in [-0.39, 0.29) is 11.3 Å². The Balaban J connectivity index is 2.44. The zero-order chi connectivity index (χ0) is 19.5. The molecule has 0 aliphatic heterocycles. The summed E-state index contributed by atoms with van der Waals surface area (Å²) in [7, 11) is -2.97. The summed E-state index contributed by atoms with van der Waals surface area (Å²) in [6.45, 7) is 1.51. The van der Waals surface area contributed by atoms with Crippen LogP contribution in [0.3, 0.4) is 0 Å². The zero-order valence-corrected chi connectivity index (χ0v) is 14.5. The molecule has 10 heteroatoms. The highest BCUT2D eigenvalue weighted by molar-refractivity contribution is 7.92. The van der Waals surface area contributed by atoms with Crippen LogP contribution in [-0.4, -0.2) is 27.7 Å². The first-order valence-corrected chi connectivity index (χ1v) is 8.73. The van der Waals surface area contributed by atoms with Crippen molar-refractivity contribution in [3.63, 3.8) is 0 Å². The van der Waals surface area contributed by atoms with Gasteiger partial charge in [-0.3, -0.25) is 9.52 Å². The predicted octanol–water partition coefficient (Wildman–Crippen LogP) is 3.05. The number of hydrogen-bond acceptors (Lipinski definition) is 4. The van der Waals surface area contributed by atoms with E-state index in [4.69, 9.17) is 0 Å². The molecule has 0 heterocycles. The minimum atomic E-state index is -5.04. The van der Waals surface area contributed by atoms with Gasteiger partial charge in [0.15, 0.2) is 0 Å². The number of anilines is 1. The third-order valence-corrected chi connectivity index (χ3v) is 4.82. The molecule has 0 atom stereocenters. The molecule has 2 N–H and O–H groups in total. The van der Waals surface area contributed by atoms with Gasteiger partial charge in [-0.15, -0.1) is 13.2 Å². The van der Waals surface area contributed by atoms with E-state index in [9.17, 15) is 26.4 Å². The molecule has 0 fully saturated rings. The molecule has 0 aliphatic carbocycles. The standard InChI is InChI=1S/C16H15F3N2O4S/c1-10-11(15(22)20-2)6-5-7-12(10)21-26(23,24)14-9-4-3-8-13(14)25-16(17,18)19/h3-9,21H,1-2H3,(H,20,22). The highest BCUT2D eigenvalue weighted by Crippen LogP contribution is 2.31. The van der Waals surface area contributed by atoms with Gasteiger partial charge in [0.1, 0.15) is 10.6 Å². The fourth-order valence-electron chi connectivity index (χ4n) is 2.21. The van der Waals surface area contributed by atoms with Gasteiger partial charge in [-0.1, -0.05) is 18.2 Å². The lowest BCUT2D eigenvalue weighted by Gasteiger charge is -2.16. The summed E-state index contributed by atoms with van der Waals surface area (Å²) in [6.07, 6.45) is -5.04. The van der Waals surface area contributed by atoms with Gasteiger partial charge in [0.25, 0.3) is 15.9 Å². The molecule has 26 heavy (non-hydrogen) atoms. The first kappa shape index (κ1) is 19.6. The smallest absolute Gasteiger partial charge is 0.404 e. The Labute approximate surface area is 148 Å². The number of halogens is 3. The Kier molecular flexibility index (Phi) is 5.45. The maximum Gasteiger partial charge on any atom is 0.573 e. The van der Waals surface area contributed by atoms with Crippen molar-refractivity contribution in [3.8, 4) is 5.75 Å². The molecule has 0 unspecified atom stereocenters. The van der Waals surface area contributed by atoms with Gasteiger partial charge >= 0.3 is 6.36 Å². The fourth-order valence-corrected chi connectivity index (χ4v) is 3.46. The summed E-state index contributed by atoms with van der Waals surface area (Å²) in [6, 6.07) is 8.72. The van der Waals surface area contributed by atoms with E-state index in [1.165, 1.54) is 44.3 Å². The summed E-state index contributed by atoms with van der Waals surface area (Å²) in [5.41, 5.74) is 0.616. The van der Waals surface area contributed by atoms with Crippen molar-refractivity contribution in [3.05, 3.63) is 53.6 Å². The van der Waals surface area contributed by atoms with Crippen LogP contribution in [0.5, 0.6) is 5.75 Å². The second-order valence-corrected chi connectivity index (χ2v) is 6.81. The van der Waals surface area contributed by atoms with Crippen LogP contribution in [0.1, 0.15) is 15.9 Å². The molecule has 2 aromatic rings. The van der Waals surface area contributed by atoms with Crippen molar-refractivity contribution >= 4 is 21.6 Å². The first-order chi connectivity index (χ1) is 12.0. The normalized spacial score (nSPS) is 11.7. The summed E-state index contributed by atoms with van der Waals surface area (Å²) in [4.78, 5) is 11.1. The molecule has 2 aromatic carbocycles. The maximum absolute atomic E-state index is 12.6. The fraction of sp³-hybridized carbons (Fsp3) is 0.188. The van der Waals surface area contributed by atoms with Crippen LogP contribution < -0.4 is 14.8 Å². The van der Waals surface area contributed by atoms with E-state index in [2.05, 4.69) is 14.8 Å². The van der Waals surface area contributed by atoms with Gasteiger partial charge in [0.2, 0.25) is 0 Å². The number of amides is 1. The third kappa shape index (κ3) is 4.45. The Morgan fingerprint density at radius 1 is 1.08 bits per heavy atom. The van der Waals surface area contributed by atoms with Crippen LogP contribution in [0, 0.1) is 6.92 Å². The molecule has 0 saturated carbocycles. The van der Waals surface area contributed by atoms with E-state index in [1.807, 2.05) is 0 Å². The van der Waals surface area contributed by atoms with Gasteiger partial charge in [0.05, 0.1) is 5.69 Å². The number of nitrogens with one attached hydrogen (secondary N) is 2. The molecule has 0 spiro atoms. The summed E-state index contributed by atoms with van der Waals surface area (Å²) in [5.74, 6) is -1.28.